The van der Waals surface area contributed by atoms with Gasteiger partial charge in [-0.2, -0.15) is 4.52 Å². The SMILES string of the molecule is Fc1ccccc1-c1nnc2ccc(NCC3CCCOC3c3ccccc3)nn12. The van der Waals surface area contributed by atoms with Crippen LogP contribution in [0.15, 0.2) is 66.7 Å². The van der Waals surface area contributed by atoms with Gasteiger partial charge in [0, 0.05) is 19.1 Å². The van der Waals surface area contributed by atoms with Gasteiger partial charge >= 0.3 is 0 Å². The molecule has 7 heteroatoms. The van der Waals surface area contributed by atoms with Gasteiger partial charge in [0.2, 0.25) is 0 Å². The molecule has 0 aliphatic carbocycles. The largest absolute Gasteiger partial charge is 0.373 e. The minimum absolute atomic E-state index is 0.0695. The molecule has 1 fully saturated rings. The van der Waals surface area contributed by atoms with Gasteiger partial charge in [-0.15, -0.1) is 15.3 Å². The highest BCUT2D eigenvalue weighted by Crippen LogP contribution is 2.33. The molecule has 0 spiro atoms. The van der Waals surface area contributed by atoms with Crippen LogP contribution in [0.3, 0.4) is 0 Å². The number of hydrogen-bond donors (Lipinski definition) is 1. The zero-order valence-corrected chi connectivity index (χ0v) is 16.4. The van der Waals surface area contributed by atoms with E-state index in [0.29, 0.717) is 28.8 Å². The lowest BCUT2D eigenvalue weighted by Crippen LogP contribution is -2.28. The Kier molecular flexibility index (Phi) is 5.11. The fraction of sp³-hybridized carbons (Fsp3) is 0.261. The van der Waals surface area contributed by atoms with Crippen molar-refractivity contribution in [2.45, 2.75) is 18.9 Å². The molecule has 152 valence electrons. The first-order valence-corrected chi connectivity index (χ1v) is 10.2. The van der Waals surface area contributed by atoms with Crippen LogP contribution in [0.25, 0.3) is 17.0 Å². The molecule has 3 heterocycles. The van der Waals surface area contributed by atoms with Gasteiger partial charge in [-0.3, -0.25) is 0 Å². The van der Waals surface area contributed by atoms with E-state index >= 15 is 0 Å². The minimum atomic E-state index is -0.350. The number of anilines is 1. The molecule has 1 aliphatic rings. The van der Waals surface area contributed by atoms with Crippen molar-refractivity contribution in [3.8, 4) is 11.4 Å². The van der Waals surface area contributed by atoms with Gasteiger partial charge in [-0.1, -0.05) is 42.5 Å². The number of halogens is 1. The lowest BCUT2D eigenvalue weighted by Gasteiger charge is -2.32. The monoisotopic (exact) mass is 403 g/mol. The summed E-state index contributed by atoms with van der Waals surface area (Å²) in [5.74, 6) is 1.06. The standard InChI is InChI=1S/C23H22FN5O/c24-19-11-5-4-10-18(19)23-27-26-21-13-12-20(28-29(21)23)25-15-17-9-6-14-30-22(17)16-7-2-1-3-8-16/h1-5,7-8,10-13,17,22H,6,9,14-15H2,(H,25,28). The van der Waals surface area contributed by atoms with Gasteiger partial charge in [0.25, 0.3) is 0 Å². The van der Waals surface area contributed by atoms with Crippen molar-refractivity contribution >= 4 is 11.5 Å². The van der Waals surface area contributed by atoms with Gasteiger partial charge in [0.15, 0.2) is 11.5 Å². The van der Waals surface area contributed by atoms with Gasteiger partial charge < -0.3 is 10.1 Å². The second-order valence-electron chi connectivity index (χ2n) is 7.48. The summed E-state index contributed by atoms with van der Waals surface area (Å²) in [4.78, 5) is 0. The molecular formula is C23H22FN5O. The van der Waals surface area contributed by atoms with E-state index in [9.17, 15) is 4.39 Å². The fourth-order valence-corrected chi connectivity index (χ4v) is 3.99. The Morgan fingerprint density at radius 3 is 2.70 bits per heavy atom. The number of nitrogens with zero attached hydrogens (tertiary/aromatic N) is 4. The molecule has 4 aromatic rings. The predicted octanol–water partition coefficient (Wildman–Crippen LogP) is 4.51. The quantitative estimate of drug-likeness (QED) is 0.531. The molecule has 0 amide bonds. The Hall–Kier alpha value is -3.32. The van der Waals surface area contributed by atoms with Crippen molar-refractivity contribution in [3.63, 3.8) is 0 Å². The first-order chi connectivity index (χ1) is 14.8. The second kappa shape index (κ2) is 8.20. The zero-order valence-electron chi connectivity index (χ0n) is 16.4. The summed E-state index contributed by atoms with van der Waals surface area (Å²) < 4.78 is 21.9. The molecule has 2 aromatic carbocycles. The van der Waals surface area contributed by atoms with E-state index in [-0.39, 0.29) is 11.9 Å². The normalized spacial score (nSPS) is 19.1. The molecule has 0 bridgehead atoms. The number of aromatic nitrogens is 4. The number of nitrogens with one attached hydrogen (secondary N) is 1. The van der Waals surface area contributed by atoms with Crippen LogP contribution in [0.4, 0.5) is 10.2 Å². The Morgan fingerprint density at radius 1 is 1.00 bits per heavy atom. The van der Waals surface area contributed by atoms with Crippen molar-refractivity contribution < 1.29 is 9.13 Å². The Labute approximate surface area is 173 Å². The molecule has 1 aliphatic heterocycles. The third kappa shape index (κ3) is 3.64. The third-order valence-corrected chi connectivity index (χ3v) is 5.50. The number of benzene rings is 2. The molecule has 1 N–H and O–H groups in total. The minimum Gasteiger partial charge on any atom is -0.373 e. The zero-order chi connectivity index (χ0) is 20.3. The van der Waals surface area contributed by atoms with Gasteiger partial charge in [0.1, 0.15) is 11.6 Å². The van der Waals surface area contributed by atoms with E-state index in [1.165, 1.54) is 11.6 Å². The molecule has 2 aromatic heterocycles. The Bertz CT molecular complexity index is 1150. The summed E-state index contributed by atoms with van der Waals surface area (Å²) in [7, 11) is 0. The van der Waals surface area contributed by atoms with E-state index in [2.05, 4.69) is 32.7 Å². The summed E-state index contributed by atoms with van der Waals surface area (Å²) in [6, 6.07) is 20.6. The summed E-state index contributed by atoms with van der Waals surface area (Å²) >= 11 is 0. The van der Waals surface area contributed by atoms with E-state index < -0.39 is 0 Å². The topological polar surface area (TPSA) is 64.3 Å². The molecular weight excluding hydrogens is 381 g/mol. The van der Waals surface area contributed by atoms with Gasteiger partial charge in [-0.05, 0) is 42.7 Å². The van der Waals surface area contributed by atoms with Crippen LogP contribution in [0, 0.1) is 11.7 Å². The van der Waals surface area contributed by atoms with Crippen molar-refractivity contribution in [3.05, 3.63) is 78.1 Å². The first kappa shape index (κ1) is 18.7. The Balaban J connectivity index is 1.38. The molecule has 2 atom stereocenters. The molecule has 0 saturated carbocycles. The van der Waals surface area contributed by atoms with Gasteiger partial charge in [0.05, 0.1) is 11.7 Å². The van der Waals surface area contributed by atoms with Gasteiger partial charge in [-0.25, -0.2) is 4.39 Å². The van der Waals surface area contributed by atoms with Crippen LogP contribution in [-0.4, -0.2) is 33.0 Å². The maximum atomic E-state index is 14.2. The predicted molar refractivity (Wildman–Crippen MR) is 113 cm³/mol. The first-order valence-electron chi connectivity index (χ1n) is 10.2. The van der Waals surface area contributed by atoms with Crippen LogP contribution in [0.2, 0.25) is 0 Å². The molecule has 1 saturated heterocycles. The summed E-state index contributed by atoms with van der Waals surface area (Å²) in [5, 5.41) is 16.3. The van der Waals surface area contributed by atoms with E-state index in [4.69, 9.17) is 4.74 Å². The molecule has 6 nitrogen and oxygen atoms in total. The molecule has 0 radical (unpaired) electrons. The summed E-state index contributed by atoms with van der Waals surface area (Å²) in [5.41, 5.74) is 2.15. The maximum absolute atomic E-state index is 14.2. The van der Waals surface area contributed by atoms with Crippen LogP contribution >= 0.6 is 0 Å². The highest BCUT2D eigenvalue weighted by Gasteiger charge is 2.27. The van der Waals surface area contributed by atoms with Crippen LogP contribution in [-0.2, 0) is 4.74 Å². The average Bonchev–Trinajstić information content (AvgIpc) is 3.22. The lowest BCUT2D eigenvalue weighted by molar-refractivity contribution is -0.0238. The lowest BCUT2D eigenvalue weighted by atomic mass is 9.89. The van der Waals surface area contributed by atoms with Crippen molar-refractivity contribution in [1.82, 2.24) is 19.8 Å². The third-order valence-electron chi connectivity index (χ3n) is 5.50. The second-order valence-corrected chi connectivity index (χ2v) is 7.48. The van der Waals surface area contributed by atoms with Crippen LogP contribution < -0.4 is 5.32 Å². The molecule has 5 rings (SSSR count). The Morgan fingerprint density at radius 2 is 1.83 bits per heavy atom. The average molecular weight is 403 g/mol. The number of ether oxygens (including phenoxy) is 1. The van der Waals surface area contributed by atoms with Crippen molar-refractivity contribution in [1.29, 1.82) is 0 Å². The van der Waals surface area contributed by atoms with Crippen molar-refractivity contribution in [2.24, 2.45) is 5.92 Å². The van der Waals surface area contributed by atoms with Crippen LogP contribution in [0.1, 0.15) is 24.5 Å². The van der Waals surface area contributed by atoms with E-state index in [1.54, 1.807) is 22.7 Å². The number of rotatable bonds is 5. The number of hydrogen-bond acceptors (Lipinski definition) is 5. The van der Waals surface area contributed by atoms with Crippen LogP contribution in [0.5, 0.6) is 0 Å². The summed E-state index contributed by atoms with van der Waals surface area (Å²) in [6.45, 7) is 1.52. The highest BCUT2D eigenvalue weighted by molar-refractivity contribution is 5.60. The number of fused-ring (bicyclic) bond motifs is 1. The van der Waals surface area contributed by atoms with E-state index in [0.717, 1.165) is 26.0 Å². The summed E-state index contributed by atoms with van der Waals surface area (Å²) in [6.07, 6.45) is 2.20. The molecule has 30 heavy (non-hydrogen) atoms. The fourth-order valence-electron chi connectivity index (χ4n) is 3.99. The van der Waals surface area contributed by atoms with Crippen molar-refractivity contribution in [2.75, 3.05) is 18.5 Å². The highest BCUT2D eigenvalue weighted by atomic mass is 19.1. The smallest absolute Gasteiger partial charge is 0.188 e. The molecule has 2 unspecified atom stereocenters. The van der Waals surface area contributed by atoms with E-state index in [1.807, 2.05) is 30.3 Å². The maximum Gasteiger partial charge on any atom is 0.188 e.